The number of carbonyl (C=O) groups is 1. The summed E-state index contributed by atoms with van der Waals surface area (Å²) in [6, 6.07) is 5.43. The molecule has 2 aromatic heterocycles. The first-order chi connectivity index (χ1) is 8.56. The maximum absolute atomic E-state index is 11.8. The molecule has 7 heteroatoms. The number of carboxylic acids is 1. The second-order valence-electron chi connectivity index (χ2n) is 3.96. The van der Waals surface area contributed by atoms with Crippen LogP contribution in [-0.2, 0) is 0 Å². The van der Waals surface area contributed by atoms with Crippen LogP contribution in [0.25, 0.3) is 16.6 Å². The second-order valence-corrected chi connectivity index (χ2v) is 3.96. The quantitative estimate of drug-likeness (QED) is 0.652. The Balaban J connectivity index is 2.53. The lowest BCUT2D eigenvalue weighted by atomic mass is 10.2. The topological polar surface area (TPSA) is 100 Å². The molecule has 3 rings (SSSR count). The number of aromatic amines is 1. The molecule has 1 aromatic carbocycles. The van der Waals surface area contributed by atoms with Gasteiger partial charge in [0.15, 0.2) is 5.65 Å². The third kappa shape index (κ3) is 1.37. The fourth-order valence-corrected chi connectivity index (χ4v) is 1.84. The number of rotatable bonds is 1. The first kappa shape index (κ1) is 10.5. The van der Waals surface area contributed by atoms with Crippen LogP contribution in [0.2, 0.25) is 0 Å². The molecule has 0 radical (unpaired) electrons. The van der Waals surface area contributed by atoms with Crippen LogP contribution in [0.1, 0.15) is 16.2 Å². The number of carboxylic acid groups (broad SMARTS) is 1. The molecule has 3 aromatic rings. The minimum absolute atomic E-state index is 0.242. The normalized spacial score (nSPS) is 11.2. The minimum atomic E-state index is -1.27. The van der Waals surface area contributed by atoms with E-state index in [0.29, 0.717) is 10.9 Å². The molecule has 0 unspecified atom stereocenters. The zero-order valence-corrected chi connectivity index (χ0v) is 9.34. The van der Waals surface area contributed by atoms with Gasteiger partial charge in [-0.3, -0.25) is 0 Å². The second kappa shape index (κ2) is 3.39. The van der Waals surface area contributed by atoms with Gasteiger partial charge in [-0.15, -0.1) is 5.10 Å². The summed E-state index contributed by atoms with van der Waals surface area (Å²) < 4.78 is 0.959. The highest BCUT2D eigenvalue weighted by molar-refractivity contribution is 5.93. The fourth-order valence-electron chi connectivity index (χ4n) is 1.84. The van der Waals surface area contributed by atoms with E-state index in [1.165, 1.54) is 0 Å². The summed E-state index contributed by atoms with van der Waals surface area (Å²) in [5, 5.41) is 13.1. The molecule has 0 fully saturated rings. The van der Waals surface area contributed by atoms with Crippen LogP contribution in [0.3, 0.4) is 0 Å². The van der Waals surface area contributed by atoms with E-state index in [2.05, 4.69) is 15.1 Å². The van der Waals surface area contributed by atoms with E-state index in [4.69, 9.17) is 5.11 Å². The first-order valence-electron chi connectivity index (χ1n) is 5.19. The number of H-pyrrole nitrogens is 1. The van der Waals surface area contributed by atoms with Gasteiger partial charge in [-0.1, -0.05) is 6.07 Å². The Morgan fingerprint density at radius 3 is 2.94 bits per heavy atom. The number of fused-ring (bicyclic) bond motifs is 3. The third-order valence-electron chi connectivity index (χ3n) is 2.65. The number of benzene rings is 1. The lowest BCUT2D eigenvalue weighted by Gasteiger charge is -1.99. The fraction of sp³-hybridized carbons (Fsp3) is 0.0909. The van der Waals surface area contributed by atoms with Gasteiger partial charge >= 0.3 is 11.7 Å². The molecule has 0 aliphatic heterocycles. The molecule has 18 heavy (non-hydrogen) atoms. The summed E-state index contributed by atoms with van der Waals surface area (Å²) in [7, 11) is 0. The van der Waals surface area contributed by atoms with Crippen molar-refractivity contribution in [3.8, 4) is 0 Å². The zero-order valence-electron chi connectivity index (χ0n) is 9.34. The molecule has 0 aliphatic carbocycles. The van der Waals surface area contributed by atoms with Gasteiger partial charge in [0, 0.05) is 5.39 Å². The number of nitrogens with zero attached hydrogens (tertiary/aromatic N) is 3. The summed E-state index contributed by atoms with van der Waals surface area (Å²) in [6.07, 6.45) is 0. The van der Waals surface area contributed by atoms with E-state index in [0.717, 1.165) is 10.1 Å². The van der Waals surface area contributed by atoms with Crippen molar-refractivity contribution in [2.24, 2.45) is 0 Å². The summed E-state index contributed by atoms with van der Waals surface area (Å²) in [5.74, 6) is -1.66. The van der Waals surface area contributed by atoms with Crippen molar-refractivity contribution in [2.75, 3.05) is 0 Å². The predicted molar refractivity (Wildman–Crippen MR) is 62.8 cm³/mol. The van der Waals surface area contributed by atoms with Gasteiger partial charge in [0.05, 0.1) is 5.52 Å². The summed E-state index contributed by atoms with van der Waals surface area (Å²) in [5.41, 5.74) is 1.33. The van der Waals surface area contributed by atoms with E-state index >= 15 is 0 Å². The third-order valence-corrected chi connectivity index (χ3v) is 2.65. The van der Waals surface area contributed by atoms with Crippen molar-refractivity contribution in [3.63, 3.8) is 0 Å². The van der Waals surface area contributed by atoms with Gasteiger partial charge in [0.25, 0.3) is 5.82 Å². The van der Waals surface area contributed by atoms with Gasteiger partial charge < -0.3 is 10.1 Å². The van der Waals surface area contributed by atoms with E-state index < -0.39 is 17.5 Å². The monoisotopic (exact) mass is 244 g/mol. The van der Waals surface area contributed by atoms with Crippen molar-refractivity contribution in [1.29, 1.82) is 0 Å². The highest BCUT2D eigenvalue weighted by atomic mass is 16.4. The summed E-state index contributed by atoms with van der Waals surface area (Å²) >= 11 is 0. The van der Waals surface area contributed by atoms with Gasteiger partial charge in [-0.2, -0.15) is 4.52 Å². The van der Waals surface area contributed by atoms with E-state index in [-0.39, 0.29) is 5.65 Å². The average Bonchev–Trinajstić information content (AvgIpc) is 2.74. The number of aromatic carboxylic acids is 1. The molecular formula is C11H8N4O3. The van der Waals surface area contributed by atoms with Gasteiger partial charge in [0.2, 0.25) is 0 Å². The Kier molecular flexibility index (Phi) is 1.97. The molecule has 0 bridgehead atoms. The van der Waals surface area contributed by atoms with Crippen LogP contribution < -0.4 is 5.69 Å². The molecule has 2 N–H and O–H groups in total. The Hall–Kier alpha value is -2.70. The molecule has 0 amide bonds. The number of aromatic nitrogens is 4. The van der Waals surface area contributed by atoms with Crippen LogP contribution in [0.15, 0.2) is 23.0 Å². The molecule has 90 valence electrons. The Morgan fingerprint density at radius 1 is 1.44 bits per heavy atom. The van der Waals surface area contributed by atoms with Crippen LogP contribution in [0.4, 0.5) is 0 Å². The van der Waals surface area contributed by atoms with Crippen LogP contribution in [0.5, 0.6) is 0 Å². The minimum Gasteiger partial charge on any atom is -0.475 e. The lowest BCUT2D eigenvalue weighted by Crippen LogP contribution is -2.17. The molecule has 2 heterocycles. The van der Waals surface area contributed by atoms with Crippen molar-refractivity contribution < 1.29 is 9.90 Å². The lowest BCUT2D eigenvalue weighted by molar-refractivity contribution is 0.0684. The molecule has 0 saturated heterocycles. The first-order valence-corrected chi connectivity index (χ1v) is 5.19. The highest BCUT2D eigenvalue weighted by Crippen LogP contribution is 2.16. The summed E-state index contributed by atoms with van der Waals surface area (Å²) in [6.45, 7) is 1.90. The molecule has 0 atom stereocenters. The van der Waals surface area contributed by atoms with E-state index in [1.807, 2.05) is 13.0 Å². The van der Waals surface area contributed by atoms with Crippen LogP contribution >= 0.6 is 0 Å². The molecule has 0 spiro atoms. The van der Waals surface area contributed by atoms with Crippen molar-refractivity contribution in [1.82, 2.24) is 19.6 Å². The number of nitrogens with one attached hydrogen (secondary N) is 1. The molecular weight excluding hydrogens is 236 g/mol. The van der Waals surface area contributed by atoms with Gasteiger partial charge in [0.1, 0.15) is 0 Å². The predicted octanol–water partition coefficient (Wildman–Crippen LogP) is 0.577. The summed E-state index contributed by atoms with van der Waals surface area (Å²) in [4.78, 5) is 29.1. The number of aryl methyl sites for hydroxylation is 1. The SMILES string of the molecule is Cc1ccc2c(c1)[nH]c(=O)n1nc(C(=O)O)nc21. The number of hydrogen-bond acceptors (Lipinski definition) is 4. The molecule has 7 nitrogen and oxygen atoms in total. The number of hydrogen-bond donors (Lipinski definition) is 2. The van der Waals surface area contributed by atoms with E-state index in [1.54, 1.807) is 12.1 Å². The van der Waals surface area contributed by atoms with E-state index in [9.17, 15) is 9.59 Å². The maximum atomic E-state index is 11.8. The Bertz CT molecular complexity index is 846. The average molecular weight is 244 g/mol. The molecule has 0 aliphatic rings. The largest absolute Gasteiger partial charge is 0.475 e. The van der Waals surface area contributed by atoms with Crippen LogP contribution in [-0.4, -0.2) is 30.7 Å². The zero-order chi connectivity index (χ0) is 12.9. The Morgan fingerprint density at radius 2 is 2.22 bits per heavy atom. The van der Waals surface area contributed by atoms with Crippen LogP contribution in [0, 0.1) is 6.92 Å². The van der Waals surface area contributed by atoms with Gasteiger partial charge in [-0.25, -0.2) is 14.6 Å². The standard InChI is InChI=1S/C11H8N4O3/c1-5-2-3-6-7(4-5)12-11(18)15-9(6)13-8(14-15)10(16)17/h2-4H,1H3,(H,12,18)(H,16,17). The van der Waals surface area contributed by atoms with Crippen molar-refractivity contribution in [2.45, 2.75) is 6.92 Å². The smallest absolute Gasteiger partial charge is 0.375 e. The van der Waals surface area contributed by atoms with Crippen molar-refractivity contribution in [3.05, 3.63) is 40.1 Å². The molecule has 0 saturated carbocycles. The highest BCUT2D eigenvalue weighted by Gasteiger charge is 2.15. The maximum Gasteiger partial charge on any atom is 0.375 e. The van der Waals surface area contributed by atoms with Crippen molar-refractivity contribution >= 4 is 22.5 Å². The van der Waals surface area contributed by atoms with Gasteiger partial charge in [-0.05, 0) is 24.6 Å². The Labute approximate surface area is 99.7 Å².